The van der Waals surface area contributed by atoms with Gasteiger partial charge in [-0.25, -0.2) is 0 Å². The van der Waals surface area contributed by atoms with Crippen molar-refractivity contribution in [2.24, 2.45) is 5.92 Å². The summed E-state index contributed by atoms with van der Waals surface area (Å²) in [6.07, 6.45) is 1.82. The van der Waals surface area contributed by atoms with Gasteiger partial charge in [0, 0.05) is 17.5 Å². The highest BCUT2D eigenvalue weighted by Crippen LogP contribution is 2.31. The molecule has 0 radical (unpaired) electrons. The second kappa shape index (κ2) is 5.44. The van der Waals surface area contributed by atoms with Crippen LogP contribution in [-0.2, 0) is 6.54 Å². The number of rotatable bonds is 5. The van der Waals surface area contributed by atoms with Gasteiger partial charge in [-0.3, -0.25) is 0 Å². The van der Waals surface area contributed by atoms with Crippen LogP contribution < -0.4 is 10.1 Å². The molecule has 0 aliphatic heterocycles. The molecule has 0 aliphatic rings. The number of hydrogen-bond acceptors (Lipinski definition) is 3. The van der Waals surface area contributed by atoms with E-state index in [9.17, 15) is 0 Å². The SMILES string of the molecule is COc1cc(C)cc2c(CNCC(C)C)coc12. The van der Waals surface area contributed by atoms with Crippen LogP contribution in [0.3, 0.4) is 0 Å². The third kappa shape index (κ3) is 2.67. The molecule has 18 heavy (non-hydrogen) atoms. The smallest absolute Gasteiger partial charge is 0.176 e. The van der Waals surface area contributed by atoms with Crippen LogP contribution in [0.25, 0.3) is 11.0 Å². The number of fused-ring (bicyclic) bond motifs is 1. The minimum atomic E-state index is 0.652. The molecule has 2 aromatic rings. The number of furan rings is 1. The highest BCUT2D eigenvalue weighted by molar-refractivity contribution is 5.87. The molecule has 0 spiro atoms. The van der Waals surface area contributed by atoms with E-state index in [1.54, 1.807) is 7.11 Å². The first-order valence-corrected chi connectivity index (χ1v) is 6.37. The van der Waals surface area contributed by atoms with Gasteiger partial charge in [0.2, 0.25) is 0 Å². The third-order valence-corrected chi connectivity index (χ3v) is 2.95. The molecule has 1 aromatic heterocycles. The van der Waals surface area contributed by atoms with E-state index in [4.69, 9.17) is 9.15 Å². The van der Waals surface area contributed by atoms with Crippen molar-refractivity contribution in [3.63, 3.8) is 0 Å². The topological polar surface area (TPSA) is 34.4 Å². The zero-order valence-electron chi connectivity index (χ0n) is 11.5. The lowest BCUT2D eigenvalue weighted by Crippen LogP contribution is -2.18. The highest BCUT2D eigenvalue weighted by atomic mass is 16.5. The summed E-state index contributed by atoms with van der Waals surface area (Å²) in [5.41, 5.74) is 3.21. The summed E-state index contributed by atoms with van der Waals surface area (Å²) in [6.45, 7) is 8.31. The van der Waals surface area contributed by atoms with Gasteiger partial charge < -0.3 is 14.5 Å². The molecule has 0 bridgehead atoms. The quantitative estimate of drug-likeness (QED) is 0.878. The largest absolute Gasteiger partial charge is 0.493 e. The van der Waals surface area contributed by atoms with Crippen molar-refractivity contribution in [3.05, 3.63) is 29.5 Å². The predicted octanol–water partition coefficient (Wildman–Crippen LogP) is 3.50. The van der Waals surface area contributed by atoms with Crippen LogP contribution in [0.1, 0.15) is 25.0 Å². The number of benzene rings is 1. The molecule has 3 heteroatoms. The van der Waals surface area contributed by atoms with Crippen molar-refractivity contribution in [2.45, 2.75) is 27.3 Å². The van der Waals surface area contributed by atoms with Gasteiger partial charge in [-0.15, -0.1) is 0 Å². The van der Waals surface area contributed by atoms with Gasteiger partial charge in [0.05, 0.1) is 13.4 Å². The average molecular weight is 247 g/mol. The monoisotopic (exact) mass is 247 g/mol. The van der Waals surface area contributed by atoms with E-state index in [-0.39, 0.29) is 0 Å². The van der Waals surface area contributed by atoms with Gasteiger partial charge in [0.15, 0.2) is 11.3 Å². The Morgan fingerprint density at radius 1 is 1.33 bits per heavy atom. The molecule has 0 atom stereocenters. The van der Waals surface area contributed by atoms with Gasteiger partial charge in [0.1, 0.15) is 0 Å². The molecule has 0 saturated carbocycles. The Morgan fingerprint density at radius 2 is 2.11 bits per heavy atom. The van der Waals surface area contributed by atoms with Crippen molar-refractivity contribution in [3.8, 4) is 5.75 Å². The summed E-state index contributed by atoms with van der Waals surface area (Å²) in [6, 6.07) is 4.14. The number of methoxy groups -OCH3 is 1. The summed E-state index contributed by atoms with van der Waals surface area (Å²) in [4.78, 5) is 0. The Kier molecular flexibility index (Phi) is 3.92. The standard InChI is InChI=1S/C15H21NO2/c1-10(2)7-16-8-12-9-18-15-13(12)5-11(3)6-14(15)17-4/h5-6,9-10,16H,7-8H2,1-4H3. The second-order valence-electron chi connectivity index (χ2n) is 5.13. The van der Waals surface area contributed by atoms with Crippen LogP contribution in [0.2, 0.25) is 0 Å². The first-order chi connectivity index (χ1) is 8.61. The maximum atomic E-state index is 5.62. The Morgan fingerprint density at radius 3 is 2.78 bits per heavy atom. The Hall–Kier alpha value is -1.48. The number of nitrogens with one attached hydrogen (secondary N) is 1. The summed E-state index contributed by atoms with van der Waals surface area (Å²) in [5, 5.41) is 4.58. The predicted molar refractivity (Wildman–Crippen MR) is 74.0 cm³/mol. The van der Waals surface area contributed by atoms with Crippen LogP contribution in [0.4, 0.5) is 0 Å². The molecule has 1 aromatic carbocycles. The molecular formula is C15H21NO2. The fraction of sp³-hybridized carbons (Fsp3) is 0.467. The Bertz CT molecular complexity index is 529. The van der Waals surface area contributed by atoms with Crippen LogP contribution >= 0.6 is 0 Å². The Labute approximate surface area is 108 Å². The normalized spacial score (nSPS) is 11.4. The van der Waals surface area contributed by atoms with Crippen LogP contribution in [0, 0.1) is 12.8 Å². The van der Waals surface area contributed by atoms with Crippen molar-refractivity contribution in [1.82, 2.24) is 5.32 Å². The second-order valence-corrected chi connectivity index (χ2v) is 5.13. The summed E-state index contributed by atoms with van der Waals surface area (Å²) >= 11 is 0. The zero-order chi connectivity index (χ0) is 13.1. The minimum Gasteiger partial charge on any atom is -0.493 e. The number of ether oxygens (including phenoxy) is 1. The van der Waals surface area contributed by atoms with Crippen molar-refractivity contribution in [2.75, 3.05) is 13.7 Å². The molecule has 3 nitrogen and oxygen atoms in total. The molecule has 0 saturated heterocycles. The van der Waals surface area contributed by atoms with Crippen molar-refractivity contribution >= 4 is 11.0 Å². The van der Waals surface area contributed by atoms with Crippen LogP contribution in [-0.4, -0.2) is 13.7 Å². The van der Waals surface area contributed by atoms with Gasteiger partial charge in [-0.05, 0) is 37.1 Å². The molecule has 0 unspecified atom stereocenters. The van der Waals surface area contributed by atoms with Gasteiger partial charge in [0.25, 0.3) is 0 Å². The molecule has 2 rings (SSSR count). The maximum Gasteiger partial charge on any atom is 0.176 e. The van der Waals surface area contributed by atoms with Gasteiger partial charge in [-0.1, -0.05) is 13.8 Å². The Balaban J connectivity index is 2.27. The molecule has 98 valence electrons. The molecule has 1 heterocycles. The van der Waals surface area contributed by atoms with E-state index < -0.39 is 0 Å². The molecule has 0 amide bonds. The van der Waals surface area contributed by atoms with E-state index in [2.05, 4.69) is 32.2 Å². The van der Waals surface area contributed by atoms with Crippen LogP contribution in [0.15, 0.2) is 22.8 Å². The van der Waals surface area contributed by atoms with Gasteiger partial charge >= 0.3 is 0 Å². The number of aryl methyl sites for hydroxylation is 1. The van der Waals surface area contributed by atoms with Crippen LogP contribution in [0.5, 0.6) is 5.75 Å². The zero-order valence-corrected chi connectivity index (χ0v) is 11.5. The molecular weight excluding hydrogens is 226 g/mol. The van der Waals surface area contributed by atoms with Crippen molar-refractivity contribution < 1.29 is 9.15 Å². The summed E-state index contributed by atoms with van der Waals surface area (Å²) in [5.74, 6) is 1.46. The van der Waals surface area contributed by atoms with E-state index in [0.29, 0.717) is 5.92 Å². The van der Waals surface area contributed by atoms with E-state index in [0.717, 1.165) is 29.8 Å². The molecule has 0 aliphatic carbocycles. The van der Waals surface area contributed by atoms with E-state index >= 15 is 0 Å². The first-order valence-electron chi connectivity index (χ1n) is 6.37. The highest BCUT2D eigenvalue weighted by Gasteiger charge is 2.11. The third-order valence-electron chi connectivity index (χ3n) is 2.95. The number of hydrogen-bond donors (Lipinski definition) is 1. The lowest BCUT2D eigenvalue weighted by atomic mass is 10.1. The minimum absolute atomic E-state index is 0.652. The summed E-state index contributed by atoms with van der Waals surface area (Å²) in [7, 11) is 1.67. The first kappa shape index (κ1) is 13.0. The van der Waals surface area contributed by atoms with E-state index in [1.165, 1.54) is 11.1 Å². The average Bonchev–Trinajstić information content (AvgIpc) is 2.71. The summed E-state index contributed by atoms with van der Waals surface area (Å²) < 4.78 is 11.0. The fourth-order valence-electron chi connectivity index (χ4n) is 2.08. The van der Waals surface area contributed by atoms with Crippen molar-refractivity contribution in [1.29, 1.82) is 0 Å². The molecule has 1 N–H and O–H groups in total. The molecule has 0 fully saturated rings. The lowest BCUT2D eigenvalue weighted by Gasteiger charge is -2.06. The van der Waals surface area contributed by atoms with Gasteiger partial charge in [-0.2, -0.15) is 0 Å². The maximum absolute atomic E-state index is 5.62. The van der Waals surface area contributed by atoms with E-state index in [1.807, 2.05) is 12.3 Å². The fourth-order valence-corrected chi connectivity index (χ4v) is 2.08. The lowest BCUT2D eigenvalue weighted by molar-refractivity contribution is 0.410.